The fraction of sp³-hybridized carbons (Fsp3) is 0.125. The lowest BCUT2D eigenvalue weighted by molar-refractivity contribution is 0.116. The molecule has 35 heavy (non-hydrogen) atoms. The Kier molecular flexibility index (Phi) is 5.51. The van der Waals surface area contributed by atoms with Crippen molar-refractivity contribution >= 4 is 10.9 Å². The summed E-state index contributed by atoms with van der Waals surface area (Å²) in [6, 6.07) is 14.1. The Hall–Kier alpha value is -4.54. The number of alkyl halides is 2. The molecule has 0 aliphatic heterocycles. The zero-order valence-corrected chi connectivity index (χ0v) is 18.2. The van der Waals surface area contributed by atoms with Crippen LogP contribution in [-0.2, 0) is 13.6 Å². The summed E-state index contributed by atoms with van der Waals surface area (Å²) in [7, 11) is 1.53. The lowest BCUT2D eigenvalue weighted by Crippen LogP contribution is -2.39. The average Bonchev–Trinajstić information content (AvgIpc) is 3.36. The van der Waals surface area contributed by atoms with Crippen LogP contribution in [0.15, 0.2) is 74.8 Å². The van der Waals surface area contributed by atoms with E-state index in [1.54, 1.807) is 36.4 Å². The van der Waals surface area contributed by atoms with E-state index in [9.17, 15) is 22.8 Å². The third-order valence-corrected chi connectivity index (χ3v) is 5.56. The maximum atomic E-state index is 14.2. The number of hydrogen-bond acceptors (Lipinski definition) is 6. The van der Waals surface area contributed by atoms with E-state index < -0.39 is 29.4 Å². The number of halogens is 3. The normalized spacial score (nSPS) is 11.5. The highest BCUT2D eigenvalue weighted by Gasteiger charge is 2.18. The van der Waals surface area contributed by atoms with Crippen molar-refractivity contribution in [2.75, 3.05) is 0 Å². The van der Waals surface area contributed by atoms with Crippen molar-refractivity contribution in [3.63, 3.8) is 0 Å². The van der Waals surface area contributed by atoms with Gasteiger partial charge in [-0.2, -0.15) is 8.78 Å². The van der Waals surface area contributed by atoms with E-state index in [0.717, 1.165) is 4.57 Å². The molecule has 0 N–H and O–H groups in total. The first kappa shape index (κ1) is 22.3. The van der Waals surface area contributed by atoms with Gasteiger partial charge in [0.15, 0.2) is 0 Å². The molecule has 176 valence electrons. The number of rotatable bonds is 5. The average molecular weight is 479 g/mol. The molecule has 0 aliphatic rings. The van der Waals surface area contributed by atoms with Gasteiger partial charge in [0.2, 0.25) is 5.89 Å². The Morgan fingerprint density at radius 3 is 2.46 bits per heavy atom. The van der Waals surface area contributed by atoms with Gasteiger partial charge in [-0.3, -0.25) is 18.9 Å². The third-order valence-electron chi connectivity index (χ3n) is 5.56. The predicted molar refractivity (Wildman–Crippen MR) is 120 cm³/mol. The first-order valence-corrected chi connectivity index (χ1v) is 10.4. The van der Waals surface area contributed by atoms with Crippen LogP contribution in [0, 0.1) is 5.82 Å². The Morgan fingerprint density at radius 1 is 1.00 bits per heavy atom. The zero-order chi connectivity index (χ0) is 24.7. The van der Waals surface area contributed by atoms with Gasteiger partial charge in [0, 0.05) is 18.8 Å². The number of nitrogens with zero attached hydrogens (tertiary/aromatic N) is 5. The quantitative estimate of drug-likeness (QED) is 0.379. The number of fused-ring (bicyclic) bond motifs is 1. The van der Waals surface area contributed by atoms with Crippen LogP contribution < -0.4 is 11.2 Å². The van der Waals surface area contributed by atoms with Gasteiger partial charge in [0.05, 0.1) is 28.7 Å². The molecule has 0 spiro atoms. The van der Waals surface area contributed by atoms with Crippen molar-refractivity contribution in [1.82, 2.24) is 24.3 Å². The van der Waals surface area contributed by atoms with E-state index >= 15 is 0 Å². The minimum absolute atomic E-state index is 0.121. The van der Waals surface area contributed by atoms with Gasteiger partial charge in [-0.15, -0.1) is 10.2 Å². The van der Waals surface area contributed by atoms with Crippen LogP contribution >= 0.6 is 0 Å². The maximum Gasteiger partial charge on any atom is 0.331 e. The molecule has 3 heterocycles. The summed E-state index contributed by atoms with van der Waals surface area (Å²) >= 11 is 0. The number of pyridine rings is 1. The van der Waals surface area contributed by atoms with E-state index in [1.807, 2.05) is 0 Å². The predicted octanol–water partition coefficient (Wildman–Crippen LogP) is 3.94. The molecule has 0 fully saturated rings. The standard InChI is InChI=1S/C24H16F3N5O3/c1-31-19-10-13(16-4-2-3-5-18(16)25)7-9-17(19)23(33)32(24(31)34)12-15-8-6-14(11-28-15)21-29-30-22(35-21)20(26)27/h2-11,20H,12H2,1H3. The second-order valence-corrected chi connectivity index (χ2v) is 7.73. The van der Waals surface area contributed by atoms with Crippen molar-refractivity contribution < 1.29 is 17.6 Å². The lowest BCUT2D eigenvalue weighted by Gasteiger charge is -2.12. The lowest BCUT2D eigenvalue weighted by atomic mass is 10.0. The fourth-order valence-electron chi connectivity index (χ4n) is 3.75. The molecular weight excluding hydrogens is 463 g/mol. The molecule has 0 atom stereocenters. The Morgan fingerprint density at radius 2 is 1.77 bits per heavy atom. The van der Waals surface area contributed by atoms with Crippen molar-refractivity contribution in [2.45, 2.75) is 13.0 Å². The summed E-state index contributed by atoms with van der Waals surface area (Å²) in [5.41, 5.74) is 0.862. The molecule has 0 radical (unpaired) electrons. The molecule has 0 saturated carbocycles. The van der Waals surface area contributed by atoms with Crippen LogP contribution in [-0.4, -0.2) is 24.3 Å². The molecule has 0 saturated heterocycles. The van der Waals surface area contributed by atoms with Crippen LogP contribution in [0.5, 0.6) is 0 Å². The van der Waals surface area contributed by atoms with Crippen LogP contribution in [0.25, 0.3) is 33.5 Å². The summed E-state index contributed by atoms with van der Waals surface area (Å²) in [6.45, 7) is -0.122. The van der Waals surface area contributed by atoms with Crippen LogP contribution in [0.3, 0.4) is 0 Å². The number of benzene rings is 2. The van der Waals surface area contributed by atoms with Crippen LogP contribution in [0.2, 0.25) is 0 Å². The second-order valence-electron chi connectivity index (χ2n) is 7.73. The van der Waals surface area contributed by atoms with Crippen molar-refractivity contribution in [3.05, 3.63) is 99.0 Å². The molecular formula is C24H16F3N5O3. The molecule has 3 aromatic heterocycles. The maximum absolute atomic E-state index is 14.2. The monoisotopic (exact) mass is 479 g/mol. The van der Waals surface area contributed by atoms with Gasteiger partial charge in [-0.05, 0) is 35.9 Å². The van der Waals surface area contributed by atoms with Crippen LogP contribution in [0.4, 0.5) is 13.2 Å². The van der Waals surface area contributed by atoms with Gasteiger partial charge in [0.25, 0.3) is 11.4 Å². The first-order chi connectivity index (χ1) is 16.8. The molecule has 5 rings (SSSR count). The van der Waals surface area contributed by atoms with Crippen molar-refractivity contribution in [1.29, 1.82) is 0 Å². The van der Waals surface area contributed by atoms with E-state index in [4.69, 9.17) is 4.42 Å². The van der Waals surface area contributed by atoms with E-state index in [-0.39, 0.29) is 17.8 Å². The number of aromatic nitrogens is 5. The zero-order valence-electron chi connectivity index (χ0n) is 18.2. The van der Waals surface area contributed by atoms with Crippen LogP contribution in [0.1, 0.15) is 18.0 Å². The SMILES string of the molecule is Cn1c(=O)n(Cc2ccc(-c3nnc(C(F)F)o3)cn2)c(=O)c2ccc(-c3ccccc3F)cc21. The van der Waals surface area contributed by atoms with Gasteiger partial charge in [-0.1, -0.05) is 24.3 Å². The fourth-order valence-corrected chi connectivity index (χ4v) is 3.75. The third kappa shape index (κ3) is 4.01. The Balaban J connectivity index is 1.50. The molecule has 2 aromatic carbocycles. The molecule has 5 aromatic rings. The Bertz CT molecular complexity index is 1670. The van der Waals surface area contributed by atoms with Gasteiger partial charge < -0.3 is 4.42 Å². The second kappa shape index (κ2) is 8.67. The first-order valence-electron chi connectivity index (χ1n) is 10.4. The Labute approximate surface area is 194 Å². The summed E-state index contributed by atoms with van der Waals surface area (Å²) in [5.74, 6) is -1.33. The molecule has 0 aliphatic carbocycles. The topological polar surface area (TPSA) is 95.8 Å². The molecule has 0 bridgehead atoms. The number of hydrogen-bond donors (Lipinski definition) is 0. The summed E-state index contributed by atoms with van der Waals surface area (Å²) < 4.78 is 46.8. The molecule has 8 nitrogen and oxygen atoms in total. The summed E-state index contributed by atoms with van der Waals surface area (Å²) in [4.78, 5) is 30.3. The molecule has 0 unspecified atom stereocenters. The van der Waals surface area contributed by atoms with Gasteiger partial charge in [-0.25, -0.2) is 9.18 Å². The van der Waals surface area contributed by atoms with Crippen molar-refractivity contribution in [3.8, 4) is 22.6 Å². The highest BCUT2D eigenvalue weighted by molar-refractivity contribution is 5.84. The molecule has 0 amide bonds. The summed E-state index contributed by atoms with van der Waals surface area (Å²) in [5, 5.41) is 7.12. The minimum atomic E-state index is -2.89. The van der Waals surface area contributed by atoms with E-state index in [2.05, 4.69) is 15.2 Å². The highest BCUT2D eigenvalue weighted by Crippen LogP contribution is 2.25. The highest BCUT2D eigenvalue weighted by atomic mass is 19.3. The molecule has 11 heteroatoms. The smallest absolute Gasteiger partial charge is 0.331 e. The van der Waals surface area contributed by atoms with E-state index in [1.165, 1.54) is 36.0 Å². The minimum Gasteiger partial charge on any atom is -0.415 e. The largest absolute Gasteiger partial charge is 0.415 e. The summed E-state index contributed by atoms with van der Waals surface area (Å²) in [6.07, 6.45) is -1.56. The van der Waals surface area contributed by atoms with E-state index in [0.29, 0.717) is 27.9 Å². The number of aryl methyl sites for hydroxylation is 1. The van der Waals surface area contributed by atoms with Gasteiger partial charge in [0.1, 0.15) is 5.82 Å². The van der Waals surface area contributed by atoms with Gasteiger partial charge >= 0.3 is 12.1 Å². The van der Waals surface area contributed by atoms with Crippen molar-refractivity contribution in [2.24, 2.45) is 7.05 Å².